The number of fused-ring (bicyclic) bond motifs is 1. The molecule has 0 saturated carbocycles. The lowest BCUT2D eigenvalue weighted by molar-refractivity contribution is -0.121. The molecule has 0 fully saturated rings. The summed E-state index contributed by atoms with van der Waals surface area (Å²) in [6.07, 6.45) is 1.11. The molecule has 0 aliphatic rings. The Bertz CT molecular complexity index is 953. The molecule has 1 aromatic heterocycles. The summed E-state index contributed by atoms with van der Waals surface area (Å²) in [6.45, 7) is 3.06. The van der Waals surface area contributed by atoms with Gasteiger partial charge in [0, 0.05) is 26.6 Å². The van der Waals surface area contributed by atoms with Crippen LogP contribution in [0.1, 0.15) is 17.5 Å². The number of hydrogen-bond acceptors (Lipinski definition) is 2. The third-order valence-electron chi connectivity index (χ3n) is 4.59. The summed E-state index contributed by atoms with van der Waals surface area (Å²) in [7, 11) is 1.75. The van der Waals surface area contributed by atoms with Gasteiger partial charge in [0.05, 0.1) is 11.0 Å². The number of carbonyl (C=O) groups is 1. The van der Waals surface area contributed by atoms with E-state index >= 15 is 0 Å². The van der Waals surface area contributed by atoms with Crippen LogP contribution in [-0.4, -0.2) is 21.6 Å². The minimum Gasteiger partial charge on any atom is -0.356 e. The molecule has 3 aromatic rings. The predicted octanol–water partition coefficient (Wildman–Crippen LogP) is 2.40. The van der Waals surface area contributed by atoms with Crippen LogP contribution in [0, 0.1) is 6.92 Å². The molecule has 0 radical (unpaired) electrons. The van der Waals surface area contributed by atoms with Crippen LogP contribution in [0.5, 0.6) is 0 Å². The van der Waals surface area contributed by atoms with Crippen molar-refractivity contribution >= 4 is 16.9 Å². The molecular formula is C20H23N3O2. The SMILES string of the molecule is Cc1ccccc1CCNC(=O)CCn1c(=O)n(C)c2ccccc21. The average molecular weight is 337 g/mol. The number of rotatable bonds is 6. The molecule has 1 N–H and O–H groups in total. The second-order valence-corrected chi connectivity index (χ2v) is 6.26. The van der Waals surface area contributed by atoms with E-state index in [1.54, 1.807) is 16.2 Å². The number of benzene rings is 2. The van der Waals surface area contributed by atoms with Crippen LogP contribution >= 0.6 is 0 Å². The normalized spacial score (nSPS) is 11.0. The highest BCUT2D eigenvalue weighted by atomic mass is 16.2. The Morgan fingerprint density at radius 2 is 1.72 bits per heavy atom. The molecule has 0 spiro atoms. The molecule has 0 unspecified atom stereocenters. The Kier molecular flexibility index (Phi) is 5.03. The van der Waals surface area contributed by atoms with Gasteiger partial charge in [-0.05, 0) is 36.6 Å². The standard InChI is InChI=1S/C20H23N3O2/c1-15-7-3-4-8-16(15)11-13-21-19(24)12-14-23-18-10-6-5-9-17(18)22(2)20(23)25/h3-10H,11-14H2,1-2H3,(H,21,24). The zero-order valence-electron chi connectivity index (χ0n) is 14.7. The summed E-state index contributed by atoms with van der Waals surface area (Å²) >= 11 is 0. The number of hydrogen-bond donors (Lipinski definition) is 1. The first kappa shape index (κ1) is 17.0. The highest BCUT2D eigenvalue weighted by Gasteiger charge is 2.11. The summed E-state index contributed by atoms with van der Waals surface area (Å²) < 4.78 is 3.28. The van der Waals surface area contributed by atoms with Gasteiger partial charge in [-0.25, -0.2) is 4.79 Å². The molecule has 25 heavy (non-hydrogen) atoms. The third-order valence-corrected chi connectivity index (χ3v) is 4.59. The van der Waals surface area contributed by atoms with Gasteiger partial charge in [0.2, 0.25) is 5.91 Å². The van der Waals surface area contributed by atoms with Crippen LogP contribution in [0.2, 0.25) is 0 Å². The maximum Gasteiger partial charge on any atom is 0.328 e. The number of aromatic nitrogens is 2. The second kappa shape index (κ2) is 7.38. The molecule has 0 saturated heterocycles. The Hall–Kier alpha value is -2.82. The molecule has 0 atom stereocenters. The van der Waals surface area contributed by atoms with Crippen molar-refractivity contribution in [2.24, 2.45) is 7.05 Å². The van der Waals surface area contributed by atoms with Gasteiger partial charge >= 0.3 is 5.69 Å². The van der Waals surface area contributed by atoms with Crippen molar-refractivity contribution in [3.63, 3.8) is 0 Å². The summed E-state index contributed by atoms with van der Waals surface area (Å²) in [5, 5.41) is 2.94. The first-order valence-electron chi connectivity index (χ1n) is 8.53. The van der Waals surface area contributed by atoms with Gasteiger partial charge in [-0.1, -0.05) is 36.4 Å². The van der Waals surface area contributed by atoms with E-state index in [1.165, 1.54) is 11.1 Å². The molecule has 0 bridgehead atoms. The topological polar surface area (TPSA) is 56.0 Å². The van der Waals surface area contributed by atoms with Gasteiger partial charge in [0.25, 0.3) is 0 Å². The molecule has 3 rings (SSSR count). The van der Waals surface area contributed by atoms with E-state index < -0.39 is 0 Å². The number of nitrogens with one attached hydrogen (secondary N) is 1. The quantitative estimate of drug-likeness (QED) is 0.751. The van der Waals surface area contributed by atoms with Crippen molar-refractivity contribution in [1.82, 2.24) is 14.5 Å². The smallest absolute Gasteiger partial charge is 0.328 e. The van der Waals surface area contributed by atoms with Crippen LogP contribution < -0.4 is 11.0 Å². The number of amides is 1. The van der Waals surface area contributed by atoms with Gasteiger partial charge in [0.1, 0.15) is 0 Å². The second-order valence-electron chi connectivity index (χ2n) is 6.26. The fraction of sp³-hybridized carbons (Fsp3) is 0.300. The largest absolute Gasteiger partial charge is 0.356 e. The van der Waals surface area contributed by atoms with Crippen molar-refractivity contribution in [3.8, 4) is 0 Å². The van der Waals surface area contributed by atoms with Crippen LogP contribution in [0.15, 0.2) is 53.3 Å². The summed E-state index contributed by atoms with van der Waals surface area (Å²) in [5.41, 5.74) is 4.14. The third kappa shape index (κ3) is 3.65. The Morgan fingerprint density at radius 3 is 2.48 bits per heavy atom. The highest BCUT2D eigenvalue weighted by molar-refractivity contribution is 5.77. The Labute approximate surface area is 146 Å². The Balaban J connectivity index is 1.57. The maximum absolute atomic E-state index is 12.3. The van der Waals surface area contributed by atoms with E-state index in [1.807, 2.05) is 36.4 Å². The summed E-state index contributed by atoms with van der Waals surface area (Å²) in [6, 6.07) is 15.8. The summed E-state index contributed by atoms with van der Waals surface area (Å²) in [5.74, 6) is -0.0339. The first-order valence-corrected chi connectivity index (χ1v) is 8.53. The fourth-order valence-electron chi connectivity index (χ4n) is 3.11. The van der Waals surface area contributed by atoms with Crippen molar-refractivity contribution in [2.75, 3.05) is 6.54 Å². The van der Waals surface area contributed by atoms with Gasteiger partial charge in [0.15, 0.2) is 0 Å². The zero-order valence-corrected chi connectivity index (χ0v) is 14.7. The number of nitrogens with zero attached hydrogens (tertiary/aromatic N) is 2. The molecule has 1 amide bonds. The number of imidazole rings is 1. The van der Waals surface area contributed by atoms with E-state index in [9.17, 15) is 9.59 Å². The molecule has 5 nitrogen and oxygen atoms in total. The van der Waals surface area contributed by atoms with Crippen molar-refractivity contribution in [1.29, 1.82) is 0 Å². The number of para-hydroxylation sites is 2. The minimum absolute atomic E-state index is 0.0339. The van der Waals surface area contributed by atoms with Gasteiger partial charge < -0.3 is 5.32 Å². The molecule has 1 heterocycles. The van der Waals surface area contributed by atoms with Crippen molar-refractivity contribution in [2.45, 2.75) is 26.3 Å². The summed E-state index contributed by atoms with van der Waals surface area (Å²) in [4.78, 5) is 24.4. The lowest BCUT2D eigenvalue weighted by atomic mass is 10.1. The van der Waals surface area contributed by atoms with E-state index in [0.29, 0.717) is 19.5 Å². The number of aryl methyl sites for hydroxylation is 3. The molecule has 5 heteroatoms. The lowest BCUT2D eigenvalue weighted by Gasteiger charge is -2.08. The monoisotopic (exact) mass is 337 g/mol. The Morgan fingerprint density at radius 1 is 1.04 bits per heavy atom. The minimum atomic E-state index is -0.0890. The van der Waals surface area contributed by atoms with Gasteiger partial charge in [-0.15, -0.1) is 0 Å². The van der Waals surface area contributed by atoms with E-state index in [2.05, 4.69) is 24.4 Å². The van der Waals surface area contributed by atoms with Crippen molar-refractivity contribution in [3.05, 3.63) is 70.1 Å². The van der Waals surface area contributed by atoms with Crippen LogP contribution in [0.4, 0.5) is 0 Å². The highest BCUT2D eigenvalue weighted by Crippen LogP contribution is 2.11. The molecule has 0 aliphatic carbocycles. The van der Waals surface area contributed by atoms with Crippen LogP contribution in [-0.2, 0) is 24.8 Å². The average Bonchev–Trinajstić information content (AvgIpc) is 2.86. The van der Waals surface area contributed by atoms with E-state index in [0.717, 1.165) is 17.5 Å². The molecule has 0 aliphatic heterocycles. The predicted molar refractivity (Wildman–Crippen MR) is 99.7 cm³/mol. The zero-order chi connectivity index (χ0) is 17.8. The number of carbonyl (C=O) groups excluding carboxylic acids is 1. The van der Waals surface area contributed by atoms with Crippen LogP contribution in [0.3, 0.4) is 0 Å². The van der Waals surface area contributed by atoms with E-state index in [4.69, 9.17) is 0 Å². The molecule has 2 aromatic carbocycles. The fourth-order valence-corrected chi connectivity index (χ4v) is 3.11. The molecule has 130 valence electrons. The van der Waals surface area contributed by atoms with Gasteiger partial charge in [-0.3, -0.25) is 13.9 Å². The van der Waals surface area contributed by atoms with Crippen molar-refractivity contribution < 1.29 is 4.79 Å². The van der Waals surface area contributed by atoms with E-state index in [-0.39, 0.29) is 11.6 Å². The molecular weight excluding hydrogens is 314 g/mol. The first-order chi connectivity index (χ1) is 12.1. The van der Waals surface area contributed by atoms with Gasteiger partial charge in [-0.2, -0.15) is 0 Å². The maximum atomic E-state index is 12.3. The van der Waals surface area contributed by atoms with Crippen LogP contribution in [0.25, 0.3) is 11.0 Å². The lowest BCUT2D eigenvalue weighted by Crippen LogP contribution is -2.29.